The molecule has 0 N–H and O–H groups in total. The fourth-order valence-corrected chi connectivity index (χ4v) is 6.45. The van der Waals surface area contributed by atoms with Crippen LogP contribution in [0, 0.1) is 0 Å². The Morgan fingerprint density at radius 3 is 2.42 bits per heavy atom. The number of carbonyl (C=O) groups is 1. The Balaban J connectivity index is 1.31. The molecule has 0 saturated carbocycles. The summed E-state index contributed by atoms with van der Waals surface area (Å²) in [4.78, 5) is 32.3. The van der Waals surface area contributed by atoms with Crippen LogP contribution >= 0.6 is 11.3 Å². The number of benzene rings is 4. The Kier molecular flexibility index (Phi) is 8.75. The summed E-state index contributed by atoms with van der Waals surface area (Å²) >= 11 is 1.29. The monoisotopic (exact) mass is 616 g/mol. The van der Waals surface area contributed by atoms with Gasteiger partial charge < -0.3 is 14.2 Å². The summed E-state index contributed by atoms with van der Waals surface area (Å²) in [5.41, 5.74) is 3.33. The third-order valence-corrected chi connectivity index (χ3v) is 8.52. The Morgan fingerprint density at radius 2 is 1.67 bits per heavy atom. The smallest absolute Gasteiger partial charge is 0.338 e. The van der Waals surface area contributed by atoms with Crippen LogP contribution in [-0.4, -0.2) is 23.8 Å². The van der Waals surface area contributed by atoms with Crippen LogP contribution in [0.15, 0.2) is 125 Å². The summed E-state index contributed by atoms with van der Waals surface area (Å²) in [7, 11) is 0. The minimum atomic E-state index is -0.694. The summed E-state index contributed by atoms with van der Waals surface area (Å²) in [5.74, 6) is 0.898. The molecule has 0 aliphatic carbocycles. The first-order chi connectivity index (χ1) is 22.0. The maximum atomic E-state index is 13.9. The van der Waals surface area contributed by atoms with Crippen molar-refractivity contribution in [2.24, 2.45) is 4.99 Å². The first kappa shape index (κ1) is 29.8. The number of hydrogen-bond donors (Lipinski definition) is 0. The second-order valence-corrected chi connectivity index (χ2v) is 11.5. The molecule has 0 fully saturated rings. The highest BCUT2D eigenvalue weighted by Gasteiger charge is 2.33. The molecule has 0 spiro atoms. The van der Waals surface area contributed by atoms with E-state index in [1.54, 1.807) is 24.5 Å². The number of esters is 1. The maximum Gasteiger partial charge on any atom is 0.338 e. The van der Waals surface area contributed by atoms with E-state index in [9.17, 15) is 9.59 Å². The van der Waals surface area contributed by atoms with Gasteiger partial charge in [-0.2, -0.15) is 0 Å². The summed E-state index contributed by atoms with van der Waals surface area (Å²) in [6.45, 7) is 8.24. The number of thiazole rings is 1. The van der Waals surface area contributed by atoms with Gasteiger partial charge in [0.05, 0.1) is 28.5 Å². The summed E-state index contributed by atoms with van der Waals surface area (Å²) in [6, 6.07) is 28.7. The third-order valence-electron chi connectivity index (χ3n) is 7.53. The number of allylic oxidation sites excluding steroid dienone is 1. The number of carbonyl (C=O) groups excluding carboxylic acids is 1. The van der Waals surface area contributed by atoms with Gasteiger partial charge in [-0.1, -0.05) is 90.7 Å². The zero-order valence-electron chi connectivity index (χ0n) is 25.1. The van der Waals surface area contributed by atoms with E-state index in [0.29, 0.717) is 39.6 Å². The molecule has 0 unspecified atom stereocenters. The van der Waals surface area contributed by atoms with E-state index in [1.165, 1.54) is 22.1 Å². The van der Waals surface area contributed by atoms with Crippen molar-refractivity contribution in [3.8, 4) is 11.5 Å². The Hall–Kier alpha value is -5.21. The zero-order valence-corrected chi connectivity index (χ0v) is 25.9. The van der Waals surface area contributed by atoms with Crippen molar-refractivity contribution in [3.63, 3.8) is 0 Å². The van der Waals surface area contributed by atoms with E-state index in [2.05, 4.69) is 35.8 Å². The van der Waals surface area contributed by atoms with Crippen molar-refractivity contribution in [2.75, 3.05) is 13.2 Å². The van der Waals surface area contributed by atoms with Crippen molar-refractivity contribution < 1.29 is 19.0 Å². The van der Waals surface area contributed by atoms with E-state index in [1.807, 2.05) is 72.8 Å². The summed E-state index contributed by atoms with van der Waals surface area (Å²) < 4.78 is 19.2. The van der Waals surface area contributed by atoms with Gasteiger partial charge >= 0.3 is 5.97 Å². The van der Waals surface area contributed by atoms with Gasteiger partial charge in [0.25, 0.3) is 5.56 Å². The molecule has 1 atom stereocenters. The van der Waals surface area contributed by atoms with E-state index >= 15 is 0 Å². The predicted octanol–water partition coefficient (Wildman–Crippen LogP) is 6.10. The lowest BCUT2D eigenvalue weighted by Gasteiger charge is -2.24. The molecule has 45 heavy (non-hydrogen) atoms. The molecule has 5 aromatic rings. The van der Waals surface area contributed by atoms with Crippen molar-refractivity contribution in [2.45, 2.75) is 26.5 Å². The van der Waals surface area contributed by atoms with Crippen LogP contribution in [0.3, 0.4) is 0 Å². The quantitative estimate of drug-likeness (QED) is 0.140. The molecule has 7 nitrogen and oxygen atoms in total. The largest absolute Gasteiger partial charge is 0.490 e. The highest BCUT2D eigenvalue weighted by atomic mass is 32.1. The Bertz CT molecular complexity index is 2080. The molecule has 0 saturated heterocycles. The van der Waals surface area contributed by atoms with Gasteiger partial charge in [0.2, 0.25) is 0 Å². The molecular formula is C37H32N2O5S. The molecule has 1 aliphatic heterocycles. The molecule has 4 aromatic carbocycles. The van der Waals surface area contributed by atoms with Crippen molar-refractivity contribution in [1.82, 2.24) is 4.57 Å². The molecule has 1 aliphatic rings. The van der Waals surface area contributed by atoms with Gasteiger partial charge in [-0.05, 0) is 71.7 Å². The fourth-order valence-electron chi connectivity index (χ4n) is 5.40. The normalized spacial score (nSPS) is 14.5. The molecule has 8 heteroatoms. The average Bonchev–Trinajstić information content (AvgIpc) is 3.36. The number of fused-ring (bicyclic) bond motifs is 2. The molecule has 6 rings (SSSR count). The lowest BCUT2D eigenvalue weighted by atomic mass is 9.96. The van der Waals surface area contributed by atoms with Crippen LogP contribution < -0.4 is 24.4 Å². The number of nitrogens with zero attached hydrogens (tertiary/aromatic N) is 2. The number of rotatable bonds is 10. The second-order valence-electron chi connectivity index (χ2n) is 10.5. The van der Waals surface area contributed by atoms with Gasteiger partial charge in [-0.15, -0.1) is 0 Å². The number of ether oxygens (including phenoxy) is 3. The van der Waals surface area contributed by atoms with Crippen molar-refractivity contribution in [3.05, 3.63) is 151 Å². The van der Waals surface area contributed by atoms with Gasteiger partial charge in [0.15, 0.2) is 4.80 Å². The lowest BCUT2D eigenvalue weighted by molar-refractivity contribution is -0.139. The van der Waals surface area contributed by atoms with Gasteiger partial charge in [0.1, 0.15) is 24.7 Å². The molecule has 0 amide bonds. The van der Waals surface area contributed by atoms with Crippen molar-refractivity contribution in [1.29, 1.82) is 0 Å². The van der Waals surface area contributed by atoms with Crippen LogP contribution in [-0.2, 0) is 16.1 Å². The minimum Gasteiger partial charge on any atom is -0.490 e. The summed E-state index contributed by atoms with van der Waals surface area (Å²) in [5, 5.41) is 2.35. The van der Waals surface area contributed by atoms with Crippen LogP contribution in [0.1, 0.15) is 36.6 Å². The molecular weight excluding hydrogens is 584 g/mol. The van der Waals surface area contributed by atoms with Crippen LogP contribution in [0.25, 0.3) is 16.8 Å². The first-order valence-electron chi connectivity index (χ1n) is 14.7. The standard InChI is InChI=1S/C37H32N2O5S/c1-4-21-43-29-19-15-27(16-20-29)34-33(36(41)42-5-2)24(3)38-37-39(34)35(40)32(45-37)22-25-13-17-30(18-14-25)44-23-28-11-8-10-26-9-6-7-12-31(26)28/h4,6-20,22,34H,1,5,21,23H2,2-3H3/b32-22-/t34-/m1/s1. The van der Waals surface area contributed by atoms with Gasteiger partial charge in [0, 0.05) is 0 Å². The first-order valence-corrected chi connectivity index (χ1v) is 15.5. The van der Waals surface area contributed by atoms with Gasteiger partial charge in [-0.3, -0.25) is 9.36 Å². The van der Waals surface area contributed by atoms with Crippen LogP contribution in [0.5, 0.6) is 11.5 Å². The van der Waals surface area contributed by atoms with Gasteiger partial charge in [-0.25, -0.2) is 9.79 Å². The van der Waals surface area contributed by atoms with Crippen LogP contribution in [0.4, 0.5) is 0 Å². The maximum absolute atomic E-state index is 13.9. The number of aromatic nitrogens is 1. The fraction of sp³-hybridized carbons (Fsp3) is 0.162. The van der Waals surface area contributed by atoms with E-state index in [0.717, 1.165) is 22.4 Å². The molecule has 1 aromatic heterocycles. The molecule has 0 radical (unpaired) electrons. The topological polar surface area (TPSA) is 79.1 Å². The third kappa shape index (κ3) is 6.23. The zero-order chi connectivity index (χ0) is 31.3. The highest BCUT2D eigenvalue weighted by Crippen LogP contribution is 2.31. The average molecular weight is 617 g/mol. The van der Waals surface area contributed by atoms with E-state index < -0.39 is 12.0 Å². The molecule has 0 bridgehead atoms. The van der Waals surface area contributed by atoms with Crippen LogP contribution in [0.2, 0.25) is 0 Å². The predicted molar refractivity (Wildman–Crippen MR) is 177 cm³/mol. The minimum absolute atomic E-state index is 0.211. The highest BCUT2D eigenvalue weighted by molar-refractivity contribution is 7.07. The van der Waals surface area contributed by atoms with E-state index in [4.69, 9.17) is 14.2 Å². The number of hydrogen-bond acceptors (Lipinski definition) is 7. The van der Waals surface area contributed by atoms with E-state index in [-0.39, 0.29) is 12.2 Å². The lowest BCUT2D eigenvalue weighted by Crippen LogP contribution is -2.39. The molecule has 226 valence electrons. The van der Waals surface area contributed by atoms with Crippen molar-refractivity contribution >= 4 is 34.2 Å². The SMILES string of the molecule is C=CCOc1ccc([C@@H]2C(C(=O)OCC)=C(C)N=c3s/c(=C\c4ccc(OCc5cccc6ccccc56)cc4)c(=O)n32)cc1. The Morgan fingerprint density at radius 1 is 0.956 bits per heavy atom. The second kappa shape index (κ2) is 13.2. The summed E-state index contributed by atoms with van der Waals surface area (Å²) in [6.07, 6.45) is 3.51. The molecule has 2 heterocycles. The Labute approximate surface area is 264 Å².